The Hall–Kier alpha value is -3.67. The molecule has 0 aliphatic heterocycles. The first-order valence-electron chi connectivity index (χ1n) is 9.16. The van der Waals surface area contributed by atoms with Crippen molar-refractivity contribution < 1.29 is 19.0 Å². The number of aryl methyl sites for hydroxylation is 1. The van der Waals surface area contributed by atoms with Crippen molar-refractivity contribution >= 4 is 16.9 Å². The molecular formula is C23H19FN2O3. The maximum Gasteiger partial charge on any atom is 0.336 e. The predicted molar refractivity (Wildman–Crippen MR) is 108 cm³/mol. The van der Waals surface area contributed by atoms with E-state index in [-0.39, 0.29) is 18.0 Å². The van der Waals surface area contributed by atoms with E-state index in [1.54, 1.807) is 41.2 Å². The molecular weight excluding hydrogens is 371 g/mol. The lowest BCUT2D eigenvalue weighted by atomic mass is 10.1. The van der Waals surface area contributed by atoms with E-state index in [0.717, 1.165) is 16.6 Å². The maximum atomic E-state index is 13.9. The number of ether oxygens (including phenoxy) is 1. The molecule has 1 aromatic heterocycles. The number of benzene rings is 3. The average molecular weight is 390 g/mol. The van der Waals surface area contributed by atoms with Crippen LogP contribution in [0.25, 0.3) is 10.9 Å². The fourth-order valence-corrected chi connectivity index (χ4v) is 3.32. The number of fused-ring (bicyclic) bond motifs is 1. The van der Waals surface area contributed by atoms with Crippen LogP contribution < -0.4 is 4.74 Å². The number of carbonyl (C=O) groups is 1. The van der Waals surface area contributed by atoms with Gasteiger partial charge in [0, 0.05) is 16.5 Å². The van der Waals surface area contributed by atoms with Crippen LogP contribution in [0.2, 0.25) is 0 Å². The van der Waals surface area contributed by atoms with Crippen molar-refractivity contribution in [2.75, 3.05) is 0 Å². The molecule has 5 nitrogen and oxygen atoms in total. The molecule has 0 atom stereocenters. The van der Waals surface area contributed by atoms with Gasteiger partial charge in [0.15, 0.2) is 0 Å². The van der Waals surface area contributed by atoms with E-state index >= 15 is 0 Å². The number of rotatable bonds is 6. The van der Waals surface area contributed by atoms with Crippen LogP contribution >= 0.6 is 0 Å². The van der Waals surface area contributed by atoms with Crippen LogP contribution in [0.3, 0.4) is 0 Å². The van der Waals surface area contributed by atoms with Crippen LogP contribution in [0.15, 0.2) is 66.9 Å². The van der Waals surface area contributed by atoms with Crippen LogP contribution in [0.5, 0.6) is 5.75 Å². The molecule has 0 amide bonds. The quantitative estimate of drug-likeness (QED) is 0.513. The monoisotopic (exact) mass is 390 g/mol. The fraction of sp³-hybridized carbons (Fsp3) is 0.130. The van der Waals surface area contributed by atoms with Crippen LogP contribution in [-0.4, -0.2) is 20.9 Å². The van der Waals surface area contributed by atoms with Gasteiger partial charge in [-0.3, -0.25) is 4.68 Å². The van der Waals surface area contributed by atoms with Gasteiger partial charge in [0.05, 0.1) is 23.8 Å². The smallest absolute Gasteiger partial charge is 0.336 e. The predicted octanol–water partition coefficient (Wildman–Crippen LogP) is 4.81. The van der Waals surface area contributed by atoms with Crippen molar-refractivity contribution in [1.29, 1.82) is 0 Å². The summed E-state index contributed by atoms with van der Waals surface area (Å²) in [7, 11) is 0. The Morgan fingerprint density at radius 2 is 1.93 bits per heavy atom. The Morgan fingerprint density at radius 1 is 1.10 bits per heavy atom. The highest BCUT2D eigenvalue weighted by atomic mass is 19.1. The standard InChI is InChI=1S/C23H19FN2O3/c1-15-9-10-22(29-14-16-5-2-3-7-20(16)24)17(11-15)13-26-21-8-4-6-18(23(27)28)19(21)12-25-26/h2-12H,13-14H2,1H3,(H,27,28). The number of hydrogen-bond acceptors (Lipinski definition) is 3. The zero-order chi connectivity index (χ0) is 20.4. The molecule has 0 spiro atoms. The molecule has 0 radical (unpaired) electrons. The molecule has 0 saturated carbocycles. The Bertz CT molecular complexity index is 1200. The number of carboxylic acids is 1. The normalized spacial score (nSPS) is 11.0. The molecule has 0 aliphatic rings. The van der Waals surface area contributed by atoms with E-state index in [1.807, 2.05) is 31.2 Å². The summed E-state index contributed by atoms with van der Waals surface area (Å²) in [6, 6.07) is 17.4. The summed E-state index contributed by atoms with van der Waals surface area (Å²) in [6.07, 6.45) is 1.56. The van der Waals surface area contributed by atoms with Gasteiger partial charge in [-0.05, 0) is 31.2 Å². The third-order valence-corrected chi connectivity index (χ3v) is 4.79. The van der Waals surface area contributed by atoms with E-state index < -0.39 is 5.97 Å². The molecule has 4 aromatic rings. The van der Waals surface area contributed by atoms with Crippen LogP contribution in [0, 0.1) is 12.7 Å². The number of aromatic nitrogens is 2. The minimum absolute atomic E-state index is 0.117. The summed E-state index contributed by atoms with van der Waals surface area (Å²) in [5, 5.41) is 14.3. The van der Waals surface area contributed by atoms with Crippen molar-refractivity contribution in [3.05, 3.63) is 94.9 Å². The molecule has 6 heteroatoms. The summed E-state index contributed by atoms with van der Waals surface area (Å²) < 4.78 is 21.5. The number of nitrogens with zero attached hydrogens (tertiary/aromatic N) is 2. The highest BCUT2D eigenvalue weighted by Gasteiger charge is 2.14. The van der Waals surface area contributed by atoms with E-state index in [1.165, 1.54) is 6.07 Å². The molecule has 146 valence electrons. The summed E-state index contributed by atoms with van der Waals surface area (Å²) >= 11 is 0. The van der Waals surface area contributed by atoms with Gasteiger partial charge in [-0.15, -0.1) is 0 Å². The average Bonchev–Trinajstić information content (AvgIpc) is 3.11. The first kappa shape index (κ1) is 18.7. The van der Waals surface area contributed by atoms with Gasteiger partial charge in [0.1, 0.15) is 18.2 Å². The number of carboxylic acid groups (broad SMARTS) is 1. The summed E-state index contributed by atoms with van der Waals surface area (Å²) in [5.41, 5.74) is 3.36. The number of aromatic carboxylic acids is 1. The topological polar surface area (TPSA) is 64.4 Å². The number of halogens is 1. The highest BCUT2D eigenvalue weighted by molar-refractivity contribution is 6.02. The van der Waals surface area contributed by atoms with Crippen LogP contribution in [0.4, 0.5) is 4.39 Å². The number of hydrogen-bond donors (Lipinski definition) is 1. The maximum absolute atomic E-state index is 13.9. The lowest BCUT2D eigenvalue weighted by Crippen LogP contribution is -2.06. The second-order valence-electron chi connectivity index (χ2n) is 6.84. The second kappa shape index (κ2) is 7.75. The largest absolute Gasteiger partial charge is 0.488 e. The SMILES string of the molecule is Cc1ccc(OCc2ccccc2F)c(Cn2ncc3c(C(=O)O)cccc32)c1. The molecule has 0 unspecified atom stereocenters. The zero-order valence-electron chi connectivity index (χ0n) is 15.8. The summed E-state index contributed by atoms with van der Waals surface area (Å²) in [5.74, 6) is -0.656. The summed E-state index contributed by atoms with van der Waals surface area (Å²) in [4.78, 5) is 11.4. The van der Waals surface area contributed by atoms with Crippen molar-refractivity contribution in [1.82, 2.24) is 9.78 Å². The third kappa shape index (κ3) is 3.82. The van der Waals surface area contributed by atoms with Gasteiger partial charge < -0.3 is 9.84 Å². The van der Waals surface area contributed by atoms with E-state index in [4.69, 9.17) is 4.74 Å². The van der Waals surface area contributed by atoms with Crippen molar-refractivity contribution in [3.8, 4) is 5.75 Å². The lowest BCUT2D eigenvalue weighted by molar-refractivity contribution is 0.0699. The molecule has 1 N–H and O–H groups in total. The Balaban J connectivity index is 1.65. The molecule has 4 rings (SSSR count). The highest BCUT2D eigenvalue weighted by Crippen LogP contribution is 2.25. The van der Waals surface area contributed by atoms with Crippen LogP contribution in [0.1, 0.15) is 27.0 Å². The zero-order valence-corrected chi connectivity index (χ0v) is 15.8. The first-order valence-corrected chi connectivity index (χ1v) is 9.16. The van der Waals surface area contributed by atoms with Crippen molar-refractivity contribution in [2.24, 2.45) is 0 Å². The second-order valence-corrected chi connectivity index (χ2v) is 6.84. The Kier molecular flexibility index (Phi) is 4.99. The Labute approximate surface area is 167 Å². The minimum Gasteiger partial charge on any atom is -0.488 e. The van der Waals surface area contributed by atoms with Crippen molar-refractivity contribution in [2.45, 2.75) is 20.1 Å². The van der Waals surface area contributed by atoms with Crippen LogP contribution in [-0.2, 0) is 13.2 Å². The molecule has 0 aliphatic carbocycles. The van der Waals surface area contributed by atoms with Gasteiger partial charge in [-0.25, -0.2) is 9.18 Å². The van der Waals surface area contributed by atoms with Gasteiger partial charge in [0.2, 0.25) is 0 Å². The molecule has 0 saturated heterocycles. The Morgan fingerprint density at radius 3 is 2.72 bits per heavy atom. The first-order chi connectivity index (χ1) is 14.0. The molecule has 1 heterocycles. The van der Waals surface area contributed by atoms with Crippen molar-refractivity contribution in [3.63, 3.8) is 0 Å². The minimum atomic E-state index is -0.986. The van der Waals surface area contributed by atoms with Gasteiger partial charge in [0.25, 0.3) is 0 Å². The fourth-order valence-electron chi connectivity index (χ4n) is 3.32. The van der Waals surface area contributed by atoms with Gasteiger partial charge in [-0.1, -0.05) is 42.0 Å². The molecule has 29 heavy (non-hydrogen) atoms. The lowest BCUT2D eigenvalue weighted by Gasteiger charge is -2.14. The van der Waals surface area contributed by atoms with Gasteiger partial charge >= 0.3 is 5.97 Å². The molecule has 0 bridgehead atoms. The molecule has 3 aromatic carbocycles. The third-order valence-electron chi connectivity index (χ3n) is 4.79. The van der Waals surface area contributed by atoms with E-state index in [2.05, 4.69) is 5.10 Å². The van der Waals surface area contributed by atoms with Gasteiger partial charge in [-0.2, -0.15) is 5.10 Å². The van der Waals surface area contributed by atoms with E-state index in [0.29, 0.717) is 23.2 Å². The van der Waals surface area contributed by atoms with E-state index in [9.17, 15) is 14.3 Å². The summed E-state index contributed by atoms with van der Waals surface area (Å²) in [6.45, 7) is 2.50. The molecule has 0 fully saturated rings.